The SMILES string of the molecule is Cc1ccc(CCCCC(C)(C)OC=O)cc1CCCCCCC(C)(C)C(=O)O. The molecule has 1 aromatic rings. The number of carbonyl (C=O) groups excluding carboxylic acids is 1. The van der Waals surface area contributed by atoms with Crippen LogP contribution in [0.1, 0.15) is 95.8 Å². The summed E-state index contributed by atoms with van der Waals surface area (Å²) >= 11 is 0. The van der Waals surface area contributed by atoms with Crippen LogP contribution in [0.4, 0.5) is 0 Å². The zero-order chi connectivity index (χ0) is 21.9. The Morgan fingerprint density at radius 1 is 0.966 bits per heavy atom. The second kappa shape index (κ2) is 12.0. The van der Waals surface area contributed by atoms with E-state index in [1.54, 1.807) is 13.8 Å². The average Bonchev–Trinajstić information content (AvgIpc) is 2.63. The molecule has 1 N–H and O–H groups in total. The largest absolute Gasteiger partial charge is 0.481 e. The van der Waals surface area contributed by atoms with Gasteiger partial charge >= 0.3 is 5.97 Å². The lowest BCUT2D eigenvalue weighted by atomic mass is 9.87. The first-order valence-corrected chi connectivity index (χ1v) is 11.0. The van der Waals surface area contributed by atoms with Gasteiger partial charge in [-0.3, -0.25) is 9.59 Å². The Bertz CT molecular complexity index is 646. The van der Waals surface area contributed by atoms with Crippen molar-refractivity contribution in [1.29, 1.82) is 0 Å². The number of carbonyl (C=O) groups is 2. The summed E-state index contributed by atoms with van der Waals surface area (Å²) in [6, 6.07) is 6.79. The predicted octanol–water partition coefficient (Wildman–Crippen LogP) is 6.26. The van der Waals surface area contributed by atoms with Crippen LogP contribution in [-0.2, 0) is 27.2 Å². The Morgan fingerprint density at radius 2 is 1.59 bits per heavy atom. The number of hydrogen-bond donors (Lipinski definition) is 1. The first-order valence-electron chi connectivity index (χ1n) is 11.0. The maximum Gasteiger partial charge on any atom is 0.309 e. The number of unbranched alkanes of at least 4 members (excludes halogenated alkanes) is 4. The van der Waals surface area contributed by atoms with Crippen molar-refractivity contribution in [3.8, 4) is 0 Å². The van der Waals surface area contributed by atoms with Gasteiger partial charge in [-0.1, -0.05) is 37.5 Å². The molecule has 0 aromatic heterocycles. The second-order valence-corrected chi connectivity index (χ2v) is 9.54. The minimum Gasteiger partial charge on any atom is -0.481 e. The molecule has 0 fully saturated rings. The molecule has 0 heterocycles. The molecular formula is C25H40O4. The third kappa shape index (κ3) is 9.96. The lowest BCUT2D eigenvalue weighted by Crippen LogP contribution is -2.23. The molecule has 0 radical (unpaired) electrons. The number of aliphatic carboxylic acids is 1. The highest BCUT2D eigenvalue weighted by Crippen LogP contribution is 2.24. The zero-order valence-electron chi connectivity index (χ0n) is 19.1. The van der Waals surface area contributed by atoms with Crippen LogP contribution >= 0.6 is 0 Å². The van der Waals surface area contributed by atoms with Gasteiger partial charge < -0.3 is 9.84 Å². The molecular weight excluding hydrogens is 364 g/mol. The van der Waals surface area contributed by atoms with Gasteiger partial charge in [0.15, 0.2) is 0 Å². The predicted molar refractivity (Wildman–Crippen MR) is 118 cm³/mol. The smallest absolute Gasteiger partial charge is 0.309 e. The minimum atomic E-state index is -0.704. The molecule has 1 aromatic carbocycles. The Morgan fingerprint density at radius 3 is 2.24 bits per heavy atom. The molecule has 1 rings (SSSR count). The van der Waals surface area contributed by atoms with E-state index in [1.807, 2.05) is 13.8 Å². The Labute approximate surface area is 177 Å². The molecule has 0 saturated carbocycles. The van der Waals surface area contributed by atoms with Crippen LogP contribution in [0.25, 0.3) is 0 Å². The van der Waals surface area contributed by atoms with Crippen molar-refractivity contribution >= 4 is 12.4 Å². The first kappa shape index (κ1) is 25.2. The van der Waals surface area contributed by atoms with Crippen molar-refractivity contribution in [3.05, 3.63) is 34.9 Å². The summed E-state index contributed by atoms with van der Waals surface area (Å²) < 4.78 is 5.11. The highest BCUT2D eigenvalue weighted by Gasteiger charge is 2.25. The van der Waals surface area contributed by atoms with Gasteiger partial charge in [0, 0.05) is 0 Å². The molecule has 0 aliphatic carbocycles. The number of aryl methyl sites for hydroxylation is 3. The topological polar surface area (TPSA) is 63.6 Å². The molecule has 4 heteroatoms. The van der Waals surface area contributed by atoms with Crippen LogP contribution in [0.5, 0.6) is 0 Å². The lowest BCUT2D eigenvalue weighted by Gasteiger charge is -2.22. The number of hydrogen-bond acceptors (Lipinski definition) is 3. The molecule has 29 heavy (non-hydrogen) atoms. The summed E-state index contributed by atoms with van der Waals surface area (Å²) in [5.74, 6) is -0.704. The summed E-state index contributed by atoms with van der Waals surface area (Å²) in [6.45, 7) is 10.2. The Hall–Kier alpha value is -1.84. The molecule has 0 atom stereocenters. The van der Waals surface area contributed by atoms with E-state index in [0.717, 1.165) is 64.2 Å². The highest BCUT2D eigenvalue weighted by atomic mass is 16.5. The van der Waals surface area contributed by atoms with Gasteiger partial charge in [0.1, 0.15) is 5.60 Å². The van der Waals surface area contributed by atoms with E-state index >= 15 is 0 Å². The molecule has 0 saturated heterocycles. The van der Waals surface area contributed by atoms with Crippen molar-refractivity contribution in [3.63, 3.8) is 0 Å². The Balaban J connectivity index is 2.35. The third-order valence-corrected chi connectivity index (χ3v) is 5.85. The normalized spacial score (nSPS) is 12.0. The number of carboxylic acid groups (broad SMARTS) is 1. The summed E-state index contributed by atoms with van der Waals surface area (Å²) in [4.78, 5) is 21.7. The molecule has 0 bridgehead atoms. The summed E-state index contributed by atoms with van der Waals surface area (Å²) in [5, 5.41) is 9.17. The van der Waals surface area contributed by atoms with Crippen molar-refractivity contribution < 1.29 is 19.4 Å². The van der Waals surface area contributed by atoms with E-state index in [-0.39, 0.29) is 5.60 Å². The summed E-state index contributed by atoms with van der Waals surface area (Å²) in [5.41, 5.74) is 3.17. The fourth-order valence-corrected chi connectivity index (χ4v) is 3.56. The monoisotopic (exact) mass is 404 g/mol. The molecule has 0 aliphatic heterocycles. The summed E-state index contributed by atoms with van der Waals surface area (Å²) in [7, 11) is 0. The number of ether oxygens (including phenoxy) is 1. The quantitative estimate of drug-likeness (QED) is 0.277. The van der Waals surface area contributed by atoms with E-state index in [0.29, 0.717) is 6.47 Å². The molecule has 0 unspecified atom stereocenters. The molecule has 164 valence electrons. The van der Waals surface area contributed by atoms with Crippen molar-refractivity contribution in [2.45, 2.75) is 104 Å². The van der Waals surface area contributed by atoms with E-state index in [9.17, 15) is 14.7 Å². The van der Waals surface area contributed by atoms with Gasteiger partial charge in [-0.05, 0) is 96.3 Å². The average molecular weight is 405 g/mol. The van der Waals surface area contributed by atoms with Gasteiger partial charge in [-0.25, -0.2) is 0 Å². The van der Waals surface area contributed by atoms with Gasteiger partial charge in [0.25, 0.3) is 6.47 Å². The Kier molecular flexibility index (Phi) is 10.4. The minimum absolute atomic E-state index is 0.375. The molecule has 0 aliphatic rings. The maximum atomic E-state index is 11.1. The van der Waals surface area contributed by atoms with Crippen LogP contribution < -0.4 is 0 Å². The first-order chi connectivity index (χ1) is 13.6. The van der Waals surface area contributed by atoms with Crippen LogP contribution in [0, 0.1) is 12.3 Å². The maximum absolute atomic E-state index is 11.1. The highest BCUT2D eigenvalue weighted by molar-refractivity contribution is 5.73. The molecule has 0 spiro atoms. The second-order valence-electron chi connectivity index (χ2n) is 9.54. The van der Waals surface area contributed by atoms with Crippen LogP contribution in [-0.4, -0.2) is 23.1 Å². The fourth-order valence-electron chi connectivity index (χ4n) is 3.56. The van der Waals surface area contributed by atoms with Gasteiger partial charge in [-0.15, -0.1) is 0 Å². The van der Waals surface area contributed by atoms with E-state index in [4.69, 9.17) is 4.74 Å². The van der Waals surface area contributed by atoms with Gasteiger partial charge in [0.2, 0.25) is 0 Å². The van der Waals surface area contributed by atoms with Crippen molar-refractivity contribution in [2.24, 2.45) is 5.41 Å². The number of rotatable bonds is 15. The number of carboxylic acids is 1. The third-order valence-electron chi connectivity index (χ3n) is 5.85. The van der Waals surface area contributed by atoms with Crippen LogP contribution in [0.2, 0.25) is 0 Å². The van der Waals surface area contributed by atoms with Gasteiger partial charge in [-0.2, -0.15) is 0 Å². The molecule has 4 nitrogen and oxygen atoms in total. The van der Waals surface area contributed by atoms with Crippen molar-refractivity contribution in [1.82, 2.24) is 0 Å². The van der Waals surface area contributed by atoms with Crippen molar-refractivity contribution in [2.75, 3.05) is 0 Å². The van der Waals surface area contributed by atoms with Gasteiger partial charge in [0.05, 0.1) is 5.41 Å². The van der Waals surface area contributed by atoms with E-state index in [1.165, 1.54) is 16.7 Å². The zero-order valence-corrected chi connectivity index (χ0v) is 19.1. The van der Waals surface area contributed by atoms with Crippen LogP contribution in [0.15, 0.2) is 18.2 Å². The summed E-state index contributed by atoms with van der Waals surface area (Å²) in [6.07, 6.45) is 10.2. The van der Waals surface area contributed by atoms with E-state index < -0.39 is 11.4 Å². The standard InChI is InChI=1S/C25H40O4/c1-20-14-15-21(12-9-11-17-25(4,5)29-19-26)18-22(20)13-8-6-7-10-16-24(2,3)23(27)28/h14-15,18-19H,6-13,16-17H2,1-5H3,(H,27,28). The van der Waals surface area contributed by atoms with E-state index in [2.05, 4.69) is 25.1 Å². The molecule has 0 amide bonds. The number of benzene rings is 1. The lowest BCUT2D eigenvalue weighted by molar-refractivity contribution is -0.147. The van der Waals surface area contributed by atoms with Crippen LogP contribution in [0.3, 0.4) is 0 Å². The fraction of sp³-hybridized carbons (Fsp3) is 0.680.